The van der Waals surface area contributed by atoms with E-state index in [0.717, 1.165) is 37.9 Å². The minimum atomic E-state index is -0.396. The molecule has 2 heterocycles. The first-order valence-electron chi connectivity index (χ1n) is 8.62. The lowest BCUT2D eigenvalue weighted by molar-refractivity contribution is -0.759. The van der Waals surface area contributed by atoms with Gasteiger partial charge in [-0.1, -0.05) is 41.0 Å². The van der Waals surface area contributed by atoms with Crippen molar-refractivity contribution in [3.05, 3.63) is 45.3 Å². The largest absolute Gasteiger partial charge is 0.588 e. The number of amides is 1. The monoisotopic (exact) mass is 443 g/mol. The lowest BCUT2D eigenvalue weighted by Crippen LogP contribution is -2.64. The van der Waals surface area contributed by atoms with Gasteiger partial charge in [-0.05, 0) is 25.6 Å². The van der Waals surface area contributed by atoms with Crippen molar-refractivity contribution >= 4 is 51.9 Å². The summed E-state index contributed by atoms with van der Waals surface area (Å²) in [6.07, 6.45) is 1.65. The summed E-state index contributed by atoms with van der Waals surface area (Å²) in [5.74, 6) is -0.00313. The molecule has 1 aliphatic heterocycles. The molecule has 0 spiro atoms. The minimum absolute atomic E-state index is 0.0771. The van der Waals surface area contributed by atoms with Gasteiger partial charge < -0.3 is 19.5 Å². The van der Waals surface area contributed by atoms with E-state index in [0.29, 0.717) is 0 Å². The number of hydrogen-bond acceptors (Lipinski definition) is 7. The number of carbonyl (C=O) groups is 2. The summed E-state index contributed by atoms with van der Waals surface area (Å²) in [7, 11) is 2.06. The zero-order valence-electron chi connectivity index (χ0n) is 15.2. The van der Waals surface area contributed by atoms with Gasteiger partial charge in [-0.3, -0.25) is 4.79 Å². The maximum Gasteiger partial charge on any atom is 0.257 e. The maximum absolute atomic E-state index is 12.2. The molecule has 1 fully saturated rings. The molecular weight excluding hydrogens is 425 g/mol. The van der Waals surface area contributed by atoms with E-state index in [-0.39, 0.29) is 38.8 Å². The molecule has 1 amide bonds. The van der Waals surface area contributed by atoms with Gasteiger partial charge in [-0.2, -0.15) is 5.01 Å². The maximum atomic E-state index is 12.2. The number of carbonyl (C=O) groups excluding carboxylic acids is 2. The van der Waals surface area contributed by atoms with E-state index >= 15 is 0 Å². The Hall–Kier alpha value is -1.81. The molecule has 0 aliphatic carbocycles. The number of hydrogen-bond donors (Lipinski definition) is 0. The summed E-state index contributed by atoms with van der Waals surface area (Å²) >= 11 is 13.0. The minimum Gasteiger partial charge on any atom is -0.588 e. The molecule has 0 bridgehead atoms. The molecule has 11 heteroatoms. The van der Waals surface area contributed by atoms with Crippen LogP contribution in [0.25, 0.3) is 5.32 Å². The van der Waals surface area contributed by atoms with Gasteiger partial charge in [0.1, 0.15) is 5.88 Å². The molecule has 1 aliphatic rings. The van der Waals surface area contributed by atoms with Crippen LogP contribution in [0.4, 0.5) is 5.88 Å². The van der Waals surface area contributed by atoms with Crippen molar-refractivity contribution in [1.29, 1.82) is 0 Å². The molecule has 0 atom stereocenters. The first-order chi connectivity index (χ1) is 13.4. The molecule has 150 valence electrons. The van der Waals surface area contributed by atoms with Crippen LogP contribution in [-0.4, -0.2) is 60.2 Å². The second kappa shape index (κ2) is 9.60. The second-order valence-electron chi connectivity index (χ2n) is 6.21. The van der Waals surface area contributed by atoms with E-state index in [1.807, 2.05) is 5.01 Å². The van der Waals surface area contributed by atoms with Crippen molar-refractivity contribution in [2.45, 2.75) is 6.42 Å². The average molecular weight is 444 g/mol. The molecule has 1 saturated heterocycles. The summed E-state index contributed by atoms with van der Waals surface area (Å²) in [6, 6.07) is 4.86. The van der Waals surface area contributed by atoms with Crippen molar-refractivity contribution in [3.63, 3.8) is 0 Å². The Labute approximate surface area is 176 Å². The van der Waals surface area contributed by atoms with Gasteiger partial charge in [0.15, 0.2) is 0 Å². The predicted octanol–water partition coefficient (Wildman–Crippen LogP) is 2.65. The first kappa shape index (κ1) is 20.9. The Bertz CT molecular complexity index is 835. The van der Waals surface area contributed by atoms with Gasteiger partial charge >= 0.3 is 0 Å². The van der Waals surface area contributed by atoms with E-state index < -0.39 is 5.91 Å². The Balaban J connectivity index is 1.45. The molecule has 28 heavy (non-hydrogen) atoms. The van der Waals surface area contributed by atoms with E-state index in [1.54, 1.807) is 29.2 Å². The van der Waals surface area contributed by atoms with Gasteiger partial charge in [0.05, 0.1) is 39.4 Å². The van der Waals surface area contributed by atoms with Gasteiger partial charge in [0, 0.05) is 18.8 Å². The molecule has 0 saturated carbocycles. The molecular formula is C17H19Cl2N5O3S. The van der Waals surface area contributed by atoms with Gasteiger partial charge in [-0.15, -0.1) is 0 Å². The van der Waals surface area contributed by atoms with Crippen LogP contribution in [0.2, 0.25) is 10.0 Å². The van der Waals surface area contributed by atoms with Crippen LogP contribution in [0.1, 0.15) is 16.8 Å². The third kappa shape index (κ3) is 5.38. The van der Waals surface area contributed by atoms with Crippen molar-refractivity contribution in [3.8, 4) is 0 Å². The summed E-state index contributed by atoms with van der Waals surface area (Å²) in [5, 5.41) is 10.1. The van der Waals surface area contributed by atoms with Crippen molar-refractivity contribution in [2.75, 3.05) is 44.0 Å². The van der Waals surface area contributed by atoms with E-state index in [9.17, 15) is 9.59 Å². The van der Waals surface area contributed by atoms with Crippen molar-refractivity contribution in [2.24, 2.45) is 0 Å². The highest BCUT2D eigenvalue weighted by atomic mass is 35.5. The fraction of sp³-hybridized carbons (Fsp3) is 0.412. The zero-order valence-corrected chi connectivity index (χ0v) is 17.5. The summed E-state index contributed by atoms with van der Waals surface area (Å²) in [6.45, 7) is 3.47. The zero-order chi connectivity index (χ0) is 20.1. The van der Waals surface area contributed by atoms with E-state index in [4.69, 9.17) is 27.7 Å². The molecule has 8 nitrogen and oxygen atoms in total. The Morgan fingerprint density at radius 3 is 2.61 bits per heavy atom. The number of nitrogens with zero attached hydrogens (tertiary/aromatic N) is 5. The predicted molar refractivity (Wildman–Crippen MR) is 108 cm³/mol. The summed E-state index contributed by atoms with van der Waals surface area (Å²) < 4.78 is 5.11. The fourth-order valence-electron chi connectivity index (χ4n) is 2.59. The normalized spacial score (nSPS) is 14.9. The van der Waals surface area contributed by atoms with Gasteiger partial charge in [0.25, 0.3) is 6.20 Å². The number of benzene rings is 1. The number of thioether (sulfide) groups is 1. The van der Waals surface area contributed by atoms with Crippen LogP contribution in [0.3, 0.4) is 0 Å². The number of piperazine rings is 1. The molecule has 1 aromatic carbocycles. The summed E-state index contributed by atoms with van der Waals surface area (Å²) in [5.41, 5.74) is 0.253. The Kier molecular flexibility index (Phi) is 7.17. The molecule has 0 unspecified atom stereocenters. The molecule has 0 N–H and O–H groups in total. The van der Waals surface area contributed by atoms with Crippen molar-refractivity contribution < 1.29 is 18.9 Å². The fourth-order valence-corrected chi connectivity index (χ4v) is 4.10. The Morgan fingerprint density at radius 1 is 1.25 bits per heavy atom. The summed E-state index contributed by atoms with van der Waals surface area (Å²) in [4.78, 5) is 28.1. The molecule has 1 aromatic heterocycles. The quantitative estimate of drug-likeness (QED) is 0.634. The van der Waals surface area contributed by atoms with Crippen molar-refractivity contribution in [1.82, 2.24) is 10.2 Å². The second-order valence-corrected chi connectivity index (χ2v) is 8.09. The lowest BCUT2D eigenvalue weighted by atomic mass is 10.2. The third-order valence-electron chi connectivity index (χ3n) is 4.16. The topological polar surface area (TPSA) is 84.6 Å². The number of likely N-dealkylation sites (N-methyl/N-ethyl adjacent to an activating group) is 1. The van der Waals surface area contributed by atoms with E-state index in [1.165, 1.54) is 0 Å². The van der Waals surface area contributed by atoms with E-state index in [2.05, 4.69) is 22.5 Å². The van der Waals surface area contributed by atoms with Crippen LogP contribution in [0, 0.1) is 0 Å². The molecule has 0 radical (unpaired) electrons. The Morgan fingerprint density at radius 2 is 1.93 bits per heavy atom. The number of halogens is 2. The van der Waals surface area contributed by atoms with Crippen LogP contribution in [-0.2, 0) is 4.79 Å². The van der Waals surface area contributed by atoms with Gasteiger partial charge in [-0.25, -0.2) is 0 Å². The standard InChI is InChI=1S/C17H19Cl2N5O3S/c1-22-6-8-23(9-7-22)24-11-15(27-21-24)20-14(25)5-10-28-17(26)16-12(18)3-2-4-13(16)19/h2-4,11H,5-10H2,1H3. The van der Waals surface area contributed by atoms with Crippen LogP contribution in [0.5, 0.6) is 0 Å². The highest BCUT2D eigenvalue weighted by Crippen LogP contribution is 2.28. The van der Waals surface area contributed by atoms with Crippen LogP contribution >= 0.6 is 35.0 Å². The highest BCUT2D eigenvalue weighted by Gasteiger charge is 2.23. The lowest BCUT2D eigenvalue weighted by Gasteiger charge is -2.26. The van der Waals surface area contributed by atoms with Crippen LogP contribution < -0.4 is 9.80 Å². The average Bonchev–Trinajstić information content (AvgIpc) is 3.10. The van der Waals surface area contributed by atoms with Crippen LogP contribution in [0.15, 0.2) is 28.9 Å². The molecule has 2 aromatic rings. The number of aromatic nitrogens is 2. The smallest absolute Gasteiger partial charge is 0.257 e. The third-order valence-corrected chi connectivity index (χ3v) is 5.67. The molecule has 3 rings (SSSR count). The SMILES string of the molecule is CN1CCN([n+]2cc([N-]C(=O)CCSC(=O)c3c(Cl)cccc3Cl)on2)CC1. The number of rotatable bonds is 6. The first-order valence-corrected chi connectivity index (χ1v) is 10.4. The highest BCUT2D eigenvalue weighted by molar-refractivity contribution is 8.14. The van der Waals surface area contributed by atoms with Gasteiger partial charge in [0.2, 0.25) is 10.4 Å².